The summed E-state index contributed by atoms with van der Waals surface area (Å²) >= 11 is 1.36. The first-order valence-electron chi connectivity index (χ1n) is 8.36. The molecule has 1 amide bonds. The fourth-order valence-corrected chi connectivity index (χ4v) is 4.40. The molecule has 0 bridgehead atoms. The van der Waals surface area contributed by atoms with Gasteiger partial charge >= 0.3 is 5.97 Å². The molecule has 0 aromatic carbocycles. The van der Waals surface area contributed by atoms with Crippen molar-refractivity contribution in [2.45, 2.75) is 32.8 Å². The molecule has 6 nitrogen and oxygen atoms in total. The molecule has 0 unspecified atom stereocenters. The second-order valence-electron chi connectivity index (χ2n) is 6.74. The van der Waals surface area contributed by atoms with Crippen LogP contribution < -0.4 is 5.43 Å². The van der Waals surface area contributed by atoms with Crippen LogP contribution in [0.25, 0.3) is 0 Å². The zero-order valence-electron chi connectivity index (χ0n) is 14.4. The second kappa shape index (κ2) is 6.25. The molecule has 1 aliphatic carbocycles. The number of amides is 1. The lowest BCUT2D eigenvalue weighted by atomic mass is 9.68. The van der Waals surface area contributed by atoms with E-state index in [1.54, 1.807) is 18.6 Å². The van der Waals surface area contributed by atoms with E-state index in [4.69, 9.17) is 9.15 Å². The number of hydrazone groups is 1. The third-order valence-corrected chi connectivity index (χ3v) is 6.02. The highest BCUT2D eigenvalue weighted by molar-refractivity contribution is 7.12. The summed E-state index contributed by atoms with van der Waals surface area (Å²) in [5, 5.41) is 6.11. The molecule has 1 aliphatic heterocycles. The quantitative estimate of drug-likeness (QED) is 0.657. The van der Waals surface area contributed by atoms with Crippen molar-refractivity contribution >= 4 is 28.9 Å². The Kier molecular flexibility index (Phi) is 4.03. The number of hydrogen-bond acceptors (Lipinski definition) is 6. The molecular formula is C19H18N2O4S. The highest BCUT2D eigenvalue weighted by atomic mass is 32.1. The summed E-state index contributed by atoms with van der Waals surface area (Å²) in [5.74, 6) is -0.572. The highest BCUT2D eigenvalue weighted by Gasteiger charge is 2.53. The SMILES string of the molecule is CC1=C2C(=O)O[C@@H](c3ccoc3)[C@]2(C)CC/C1=N\NC(=O)c1cccs1. The van der Waals surface area contributed by atoms with Crippen LogP contribution in [0.2, 0.25) is 0 Å². The van der Waals surface area contributed by atoms with Crippen LogP contribution in [0, 0.1) is 5.41 Å². The summed E-state index contributed by atoms with van der Waals surface area (Å²) in [6, 6.07) is 5.39. The molecule has 0 saturated carbocycles. The Morgan fingerprint density at radius 3 is 2.96 bits per heavy atom. The van der Waals surface area contributed by atoms with Crippen molar-refractivity contribution in [2.24, 2.45) is 10.5 Å². The fraction of sp³-hybridized carbons (Fsp3) is 0.316. The standard InChI is InChI=1S/C19H18N2O4S/c1-11-13(20-21-17(22)14-4-3-9-26-14)5-7-19(2)15(11)18(23)25-16(19)12-6-8-24-10-12/h3-4,6,8-10,16H,5,7H2,1-2H3,(H,21,22)/b20-13+/t16-,19+/m0/s1. The fourth-order valence-electron chi connectivity index (χ4n) is 3.79. The van der Waals surface area contributed by atoms with Crippen LogP contribution in [0.5, 0.6) is 0 Å². The van der Waals surface area contributed by atoms with Gasteiger partial charge in [-0.15, -0.1) is 11.3 Å². The van der Waals surface area contributed by atoms with E-state index in [1.165, 1.54) is 11.3 Å². The molecule has 2 atom stereocenters. The van der Waals surface area contributed by atoms with Gasteiger partial charge in [-0.3, -0.25) is 4.79 Å². The number of fused-ring (bicyclic) bond motifs is 1. The van der Waals surface area contributed by atoms with Crippen molar-refractivity contribution in [1.29, 1.82) is 0 Å². The van der Waals surface area contributed by atoms with E-state index >= 15 is 0 Å². The predicted molar refractivity (Wildman–Crippen MR) is 96.8 cm³/mol. The minimum Gasteiger partial charge on any atom is -0.472 e. The van der Waals surface area contributed by atoms with Crippen molar-refractivity contribution in [3.05, 3.63) is 57.7 Å². The molecule has 1 saturated heterocycles. The number of nitrogens with zero attached hydrogens (tertiary/aromatic N) is 1. The van der Waals surface area contributed by atoms with Crippen molar-refractivity contribution in [1.82, 2.24) is 5.43 Å². The molecule has 2 aromatic rings. The number of thiophene rings is 1. The number of hydrogen-bond donors (Lipinski definition) is 1. The number of furan rings is 1. The normalized spacial score (nSPS) is 26.8. The van der Waals surface area contributed by atoms with E-state index in [1.807, 2.05) is 31.4 Å². The molecule has 1 fully saturated rings. The maximum Gasteiger partial charge on any atom is 0.335 e. The van der Waals surface area contributed by atoms with Crippen LogP contribution in [0.4, 0.5) is 0 Å². The van der Waals surface area contributed by atoms with Crippen molar-refractivity contribution in [3.8, 4) is 0 Å². The third kappa shape index (κ3) is 2.59. The van der Waals surface area contributed by atoms with Crippen LogP contribution in [0.3, 0.4) is 0 Å². The van der Waals surface area contributed by atoms with E-state index in [0.717, 1.165) is 11.1 Å². The number of cyclic esters (lactones) is 1. The average molecular weight is 370 g/mol. The van der Waals surface area contributed by atoms with Crippen LogP contribution in [0.1, 0.15) is 48.0 Å². The van der Waals surface area contributed by atoms with E-state index in [2.05, 4.69) is 10.5 Å². The van der Waals surface area contributed by atoms with Gasteiger partial charge in [0.05, 0.1) is 28.7 Å². The highest BCUT2D eigenvalue weighted by Crippen LogP contribution is 2.55. The Bertz CT molecular complexity index is 912. The molecule has 0 spiro atoms. The lowest BCUT2D eigenvalue weighted by molar-refractivity contribution is -0.140. The molecule has 2 aromatic heterocycles. The summed E-state index contributed by atoms with van der Waals surface area (Å²) in [6.45, 7) is 3.90. The smallest absolute Gasteiger partial charge is 0.335 e. The topological polar surface area (TPSA) is 80.9 Å². The van der Waals surface area contributed by atoms with Crippen LogP contribution in [0.15, 0.2) is 56.8 Å². The molecule has 1 N–H and O–H groups in total. The Hall–Kier alpha value is -2.67. The van der Waals surface area contributed by atoms with Gasteiger partial charge in [0.25, 0.3) is 5.91 Å². The Balaban J connectivity index is 1.63. The minimum atomic E-state index is -0.429. The van der Waals surface area contributed by atoms with Gasteiger partial charge in [-0.25, -0.2) is 10.2 Å². The maximum atomic E-state index is 12.5. The van der Waals surface area contributed by atoms with E-state index < -0.39 is 5.41 Å². The summed E-state index contributed by atoms with van der Waals surface area (Å²) in [5.41, 5.74) is 5.15. The van der Waals surface area contributed by atoms with Crippen LogP contribution in [-0.2, 0) is 9.53 Å². The first-order chi connectivity index (χ1) is 12.5. The zero-order valence-corrected chi connectivity index (χ0v) is 15.3. The van der Waals surface area contributed by atoms with Gasteiger partial charge in [-0.2, -0.15) is 5.10 Å². The molecule has 134 valence electrons. The number of allylic oxidation sites excluding steroid dienone is 1. The summed E-state index contributed by atoms with van der Waals surface area (Å²) in [4.78, 5) is 25.2. The van der Waals surface area contributed by atoms with Gasteiger partial charge in [-0.1, -0.05) is 13.0 Å². The average Bonchev–Trinajstić information content (AvgIpc) is 3.35. The largest absolute Gasteiger partial charge is 0.472 e. The Morgan fingerprint density at radius 2 is 2.27 bits per heavy atom. The molecule has 2 aliphatic rings. The molecule has 26 heavy (non-hydrogen) atoms. The van der Waals surface area contributed by atoms with Crippen molar-refractivity contribution in [2.75, 3.05) is 0 Å². The lowest BCUT2D eigenvalue weighted by Gasteiger charge is -2.33. The number of rotatable bonds is 3. The summed E-state index contributed by atoms with van der Waals surface area (Å²) < 4.78 is 10.8. The summed E-state index contributed by atoms with van der Waals surface area (Å²) in [7, 11) is 0. The molecule has 7 heteroatoms. The lowest BCUT2D eigenvalue weighted by Crippen LogP contribution is -2.31. The van der Waals surface area contributed by atoms with Gasteiger partial charge in [-0.05, 0) is 42.9 Å². The number of carbonyl (C=O) groups excluding carboxylic acids is 2. The van der Waals surface area contributed by atoms with Gasteiger partial charge in [0.15, 0.2) is 0 Å². The minimum absolute atomic E-state index is 0.246. The van der Waals surface area contributed by atoms with E-state index in [9.17, 15) is 9.59 Å². The second-order valence-corrected chi connectivity index (χ2v) is 7.68. The van der Waals surface area contributed by atoms with Gasteiger partial charge in [0.1, 0.15) is 6.10 Å². The van der Waals surface area contributed by atoms with E-state index in [-0.39, 0.29) is 18.0 Å². The predicted octanol–water partition coefficient (Wildman–Crippen LogP) is 3.84. The zero-order chi connectivity index (χ0) is 18.3. The first kappa shape index (κ1) is 16.8. The number of carbonyl (C=O) groups is 2. The van der Waals surface area contributed by atoms with Crippen LogP contribution in [-0.4, -0.2) is 17.6 Å². The number of nitrogens with one attached hydrogen (secondary N) is 1. The van der Waals surface area contributed by atoms with E-state index in [0.29, 0.717) is 29.0 Å². The third-order valence-electron chi connectivity index (χ3n) is 5.15. The molecule has 0 radical (unpaired) electrons. The van der Waals surface area contributed by atoms with Gasteiger partial charge in [0.2, 0.25) is 0 Å². The molecular weight excluding hydrogens is 352 g/mol. The Labute approximate surface area is 154 Å². The first-order valence-corrected chi connectivity index (χ1v) is 9.24. The summed E-state index contributed by atoms with van der Waals surface area (Å²) in [6.07, 6.45) is 4.20. The van der Waals surface area contributed by atoms with Crippen molar-refractivity contribution < 1.29 is 18.7 Å². The van der Waals surface area contributed by atoms with Crippen LogP contribution >= 0.6 is 11.3 Å². The monoisotopic (exact) mass is 370 g/mol. The molecule has 4 rings (SSSR count). The van der Waals surface area contributed by atoms with Gasteiger partial charge in [0, 0.05) is 11.0 Å². The number of esters is 1. The Morgan fingerprint density at radius 1 is 1.42 bits per heavy atom. The molecule has 3 heterocycles. The number of ether oxygens (including phenoxy) is 1. The van der Waals surface area contributed by atoms with Crippen molar-refractivity contribution in [3.63, 3.8) is 0 Å². The van der Waals surface area contributed by atoms with Gasteiger partial charge < -0.3 is 9.15 Å². The maximum absolute atomic E-state index is 12.5.